The molecule has 25 heavy (non-hydrogen) atoms. The number of hydrogen-bond donors (Lipinski definition) is 2. The van der Waals surface area contributed by atoms with Crippen molar-refractivity contribution in [3.05, 3.63) is 29.3 Å². The van der Waals surface area contributed by atoms with Gasteiger partial charge in [-0.25, -0.2) is 4.79 Å². The Morgan fingerprint density at radius 1 is 1.28 bits per heavy atom. The highest BCUT2D eigenvalue weighted by Crippen LogP contribution is 2.24. The van der Waals surface area contributed by atoms with Gasteiger partial charge in [-0.15, -0.1) is 0 Å². The molecule has 0 radical (unpaired) electrons. The van der Waals surface area contributed by atoms with Crippen molar-refractivity contribution >= 4 is 23.3 Å². The fourth-order valence-electron chi connectivity index (χ4n) is 3.40. The highest BCUT2D eigenvalue weighted by molar-refractivity contribution is 6.30. The molecule has 2 rings (SSSR count). The van der Waals surface area contributed by atoms with Gasteiger partial charge in [0.25, 0.3) is 0 Å². The molecular formula is C19H31ClN4O. The van der Waals surface area contributed by atoms with E-state index in [2.05, 4.69) is 46.4 Å². The van der Waals surface area contributed by atoms with Crippen LogP contribution in [0.25, 0.3) is 0 Å². The third-order valence-electron chi connectivity index (χ3n) is 4.93. The van der Waals surface area contributed by atoms with Crippen LogP contribution in [-0.4, -0.2) is 57.2 Å². The third kappa shape index (κ3) is 6.08. The molecule has 140 valence electrons. The number of likely N-dealkylation sites (N-methyl/N-ethyl adjacent to an activating group) is 1. The molecule has 2 amide bonds. The Morgan fingerprint density at radius 3 is 2.56 bits per heavy atom. The summed E-state index contributed by atoms with van der Waals surface area (Å²) in [7, 11) is 4.10. The lowest BCUT2D eigenvalue weighted by atomic mass is 10.0. The summed E-state index contributed by atoms with van der Waals surface area (Å²) < 4.78 is 0. The number of anilines is 1. The summed E-state index contributed by atoms with van der Waals surface area (Å²) in [6.07, 6.45) is 1.09. The molecule has 0 unspecified atom stereocenters. The molecule has 1 heterocycles. The molecule has 1 aromatic rings. The maximum absolute atomic E-state index is 12.1. The molecule has 1 aliphatic rings. The number of benzene rings is 1. The van der Waals surface area contributed by atoms with E-state index in [4.69, 9.17) is 11.6 Å². The highest BCUT2D eigenvalue weighted by Gasteiger charge is 2.23. The van der Waals surface area contributed by atoms with Gasteiger partial charge in [-0.1, -0.05) is 25.4 Å². The van der Waals surface area contributed by atoms with Gasteiger partial charge in [-0.05, 0) is 56.6 Å². The molecule has 0 aliphatic carbocycles. The molecule has 2 N–H and O–H groups in total. The van der Waals surface area contributed by atoms with Crippen molar-refractivity contribution in [3.8, 4) is 0 Å². The van der Waals surface area contributed by atoms with Gasteiger partial charge in [0.15, 0.2) is 0 Å². The quantitative estimate of drug-likeness (QED) is 0.779. The Morgan fingerprint density at radius 2 is 1.96 bits per heavy atom. The average molecular weight is 367 g/mol. The summed E-state index contributed by atoms with van der Waals surface area (Å²) in [5, 5.41) is 6.78. The second-order valence-electron chi connectivity index (χ2n) is 7.44. The van der Waals surface area contributed by atoms with Crippen LogP contribution in [0.15, 0.2) is 24.3 Å². The summed E-state index contributed by atoms with van der Waals surface area (Å²) in [6.45, 7) is 7.71. The van der Waals surface area contributed by atoms with Crippen molar-refractivity contribution < 1.29 is 4.79 Å². The van der Waals surface area contributed by atoms with E-state index in [1.165, 1.54) is 5.69 Å². The van der Waals surface area contributed by atoms with Crippen LogP contribution in [-0.2, 0) is 0 Å². The molecule has 0 saturated carbocycles. The van der Waals surface area contributed by atoms with Crippen molar-refractivity contribution in [3.63, 3.8) is 0 Å². The van der Waals surface area contributed by atoms with E-state index in [1.54, 1.807) is 0 Å². The first-order chi connectivity index (χ1) is 11.9. The van der Waals surface area contributed by atoms with Crippen molar-refractivity contribution in [2.75, 3.05) is 45.2 Å². The zero-order chi connectivity index (χ0) is 18.4. The minimum absolute atomic E-state index is 0.0718. The first-order valence-electron chi connectivity index (χ1n) is 9.05. The minimum Gasteiger partial charge on any atom is -0.371 e. The lowest BCUT2D eigenvalue weighted by Crippen LogP contribution is -2.47. The van der Waals surface area contributed by atoms with E-state index < -0.39 is 0 Å². The molecule has 1 fully saturated rings. The molecule has 0 bridgehead atoms. The van der Waals surface area contributed by atoms with E-state index in [0.29, 0.717) is 31.0 Å². The third-order valence-corrected chi connectivity index (χ3v) is 5.19. The Kier molecular flexibility index (Phi) is 7.38. The van der Waals surface area contributed by atoms with E-state index in [9.17, 15) is 4.79 Å². The predicted octanol–water partition coefficient (Wildman–Crippen LogP) is 3.05. The van der Waals surface area contributed by atoms with Crippen LogP contribution in [0.1, 0.15) is 20.3 Å². The number of nitrogens with zero attached hydrogens (tertiary/aromatic N) is 2. The van der Waals surface area contributed by atoms with Crippen LogP contribution in [0.2, 0.25) is 5.02 Å². The number of amides is 2. The monoisotopic (exact) mass is 366 g/mol. The Balaban J connectivity index is 1.71. The number of carbonyl (C=O) groups is 1. The number of hydrogen-bond acceptors (Lipinski definition) is 3. The first-order valence-corrected chi connectivity index (χ1v) is 9.43. The molecule has 1 aromatic carbocycles. The van der Waals surface area contributed by atoms with Gasteiger partial charge in [0.2, 0.25) is 0 Å². The molecule has 0 spiro atoms. The average Bonchev–Trinajstić information content (AvgIpc) is 3.02. The SMILES string of the molecule is CC(C)[C@H](CNC(=O)NC[C@H]1CCN(c2ccc(Cl)cc2)C1)N(C)C. The maximum Gasteiger partial charge on any atom is 0.314 e. The van der Waals surface area contributed by atoms with E-state index in [1.807, 2.05) is 26.2 Å². The minimum atomic E-state index is -0.0718. The number of urea groups is 1. The molecule has 2 atom stereocenters. The number of halogens is 1. The molecule has 1 aliphatic heterocycles. The van der Waals surface area contributed by atoms with Gasteiger partial charge >= 0.3 is 6.03 Å². The van der Waals surface area contributed by atoms with Gasteiger partial charge in [0.05, 0.1) is 0 Å². The van der Waals surface area contributed by atoms with E-state index in [0.717, 1.165) is 24.5 Å². The van der Waals surface area contributed by atoms with E-state index in [-0.39, 0.29) is 6.03 Å². The smallest absolute Gasteiger partial charge is 0.314 e. The summed E-state index contributed by atoms with van der Waals surface area (Å²) in [5.74, 6) is 0.981. The number of carbonyl (C=O) groups excluding carboxylic acids is 1. The lowest BCUT2D eigenvalue weighted by Gasteiger charge is -2.28. The van der Waals surface area contributed by atoms with Crippen LogP contribution in [0.5, 0.6) is 0 Å². The lowest BCUT2D eigenvalue weighted by molar-refractivity contribution is 0.212. The van der Waals surface area contributed by atoms with Crippen molar-refractivity contribution in [1.29, 1.82) is 0 Å². The van der Waals surface area contributed by atoms with Gasteiger partial charge in [0.1, 0.15) is 0 Å². The van der Waals surface area contributed by atoms with Crippen molar-refractivity contribution in [2.24, 2.45) is 11.8 Å². The molecule has 5 nitrogen and oxygen atoms in total. The summed E-state index contributed by atoms with van der Waals surface area (Å²) >= 11 is 5.95. The summed E-state index contributed by atoms with van der Waals surface area (Å²) in [4.78, 5) is 16.6. The van der Waals surface area contributed by atoms with Crippen LogP contribution in [0.4, 0.5) is 10.5 Å². The predicted molar refractivity (Wildman–Crippen MR) is 105 cm³/mol. The largest absolute Gasteiger partial charge is 0.371 e. The Bertz CT molecular complexity index is 539. The molecule has 0 aromatic heterocycles. The molecule has 1 saturated heterocycles. The van der Waals surface area contributed by atoms with Crippen LogP contribution in [0.3, 0.4) is 0 Å². The van der Waals surface area contributed by atoms with Gasteiger partial charge in [-0.3, -0.25) is 0 Å². The zero-order valence-electron chi connectivity index (χ0n) is 15.8. The second-order valence-corrected chi connectivity index (χ2v) is 7.88. The fourth-order valence-corrected chi connectivity index (χ4v) is 3.52. The second kappa shape index (κ2) is 9.30. The van der Waals surface area contributed by atoms with Gasteiger partial charge < -0.3 is 20.4 Å². The normalized spacial score (nSPS) is 18.7. The zero-order valence-corrected chi connectivity index (χ0v) is 16.5. The maximum atomic E-state index is 12.1. The molecular weight excluding hydrogens is 336 g/mol. The highest BCUT2D eigenvalue weighted by atomic mass is 35.5. The Hall–Kier alpha value is -1.46. The van der Waals surface area contributed by atoms with Crippen LogP contribution in [0, 0.1) is 11.8 Å². The van der Waals surface area contributed by atoms with Crippen molar-refractivity contribution in [1.82, 2.24) is 15.5 Å². The topological polar surface area (TPSA) is 47.6 Å². The fraction of sp³-hybridized carbons (Fsp3) is 0.632. The van der Waals surface area contributed by atoms with Crippen molar-refractivity contribution in [2.45, 2.75) is 26.3 Å². The van der Waals surface area contributed by atoms with E-state index >= 15 is 0 Å². The summed E-state index contributed by atoms with van der Waals surface area (Å²) in [6, 6.07) is 8.23. The molecule has 6 heteroatoms. The summed E-state index contributed by atoms with van der Waals surface area (Å²) in [5.41, 5.74) is 1.20. The Labute approximate surface area is 156 Å². The standard InChI is InChI=1S/C19H31ClN4O/c1-14(2)18(23(3)4)12-22-19(25)21-11-15-9-10-24(13-15)17-7-5-16(20)6-8-17/h5-8,14-15,18H,9-13H2,1-4H3,(H2,21,22,25)/t15-,18+/m1/s1. The first kappa shape index (κ1) is 19.9. The van der Waals surface area contributed by atoms with Crippen LogP contribution < -0.4 is 15.5 Å². The van der Waals surface area contributed by atoms with Crippen LogP contribution >= 0.6 is 11.6 Å². The van der Waals surface area contributed by atoms with Gasteiger partial charge in [0, 0.05) is 42.9 Å². The number of rotatable bonds is 7. The number of nitrogens with one attached hydrogen (secondary N) is 2. The van der Waals surface area contributed by atoms with Gasteiger partial charge in [-0.2, -0.15) is 0 Å².